The predicted octanol–water partition coefficient (Wildman–Crippen LogP) is 5.18. The number of nitrogens with zero attached hydrogens (tertiary/aromatic N) is 3. The van der Waals surface area contributed by atoms with Crippen LogP contribution >= 0.6 is 0 Å². The monoisotopic (exact) mass is 498 g/mol. The largest absolute Gasteiger partial charge is 0.375 e. The van der Waals surface area contributed by atoms with E-state index in [0.29, 0.717) is 36.6 Å². The first kappa shape index (κ1) is 27.5. The zero-order valence-electron chi connectivity index (χ0n) is 21.7. The molecular weight excluding hydrogens is 462 g/mol. The molecule has 3 rings (SSSR count). The molecule has 2 unspecified atom stereocenters. The summed E-state index contributed by atoms with van der Waals surface area (Å²) in [6.45, 7) is 8.70. The minimum atomic E-state index is -0.449. The van der Waals surface area contributed by atoms with Crippen LogP contribution in [0.5, 0.6) is 0 Å². The second kappa shape index (κ2) is 11.8. The SMILES string of the molecule is COCC(=O)N(CCC(C)N)C(c1nc(-c2cccc(F)c2)cn1Cc1cccc(F)c1)C(C)(C)C. The first-order valence-electron chi connectivity index (χ1n) is 12.1. The molecule has 8 heteroatoms. The molecule has 6 nitrogen and oxygen atoms in total. The van der Waals surface area contributed by atoms with E-state index in [-0.39, 0.29) is 30.2 Å². The van der Waals surface area contributed by atoms with Gasteiger partial charge in [0.25, 0.3) is 0 Å². The second-order valence-electron chi connectivity index (χ2n) is 10.3. The lowest BCUT2D eigenvalue weighted by atomic mass is 9.84. The molecule has 2 N–H and O–H groups in total. The van der Waals surface area contributed by atoms with Gasteiger partial charge in [0, 0.05) is 38.0 Å². The van der Waals surface area contributed by atoms with Gasteiger partial charge in [0.1, 0.15) is 24.1 Å². The normalized spacial score (nSPS) is 13.4. The summed E-state index contributed by atoms with van der Waals surface area (Å²) in [5, 5.41) is 0. The van der Waals surface area contributed by atoms with Gasteiger partial charge >= 0.3 is 0 Å². The molecule has 1 heterocycles. The van der Waals surface area contributed by atoms with Crippen LogP contribution in [0, 0.1) is 17.0 Å². The number of rotatable bonds is 10. The molecule has 0 bridgehead atoms. The standard InChI is InChI=1S/C28H36F2N4O2/c1-19(31)12-13-34(25(35)18-36-5)26(28(2,3)4)27-32-24(21-9-7-11-23(30)15-21)17-33(27)16-20-8-6-10-22(29)14-20/h6-11,14-15,17,19,26H,12-13,16,18,31H2,1-5H3. The van der Waals surface area contributed by atoms with Gasteiger partial charge in [-0.15, -0.1) is 0 Å². The summed E-state index contributed by atoms with van der Waals surface area (Å²) < 4.78 is 35.1. The van der Waals surface area contributed by atoms with E-state index < -0.39 is 11.5 Å². The minimum Gasteiger partial charge on any atom is -0.375 e. The molecule has 2 atom stereocenters. The molecule has 36 heavy (non-hydrogen) atoms. The molecule has 0 aliphatic heterocycles. The fourth-order valence-electron chi connectivity index (χ4n) is 4.34. The number of nitrogens with two attached hydrogens (primary N) is 1. The van der Waals surface area contributed by atoms with Crippen LogP contribution in [0.1, 0.15) is 51.5 Å². The fourth-order valence-corrected chi connectivity index (χ4v) is 4.34. The van der Waals surface area contributed by atoms with E-state index >= 15 is 0 Å². The van der Waals surface area contributed by atoms with Crippen LogP contribution in [0.15, 0.2) is 54.7 Å². The maximum atomic E-state index is 14.0. The summed E-state index contributed by atoms with van der Waals surface area (Å²) in [5.41, 5.74) is 7.55. The van der Waals surface area contributed by atoms with Crippen molar-refractivity contribution in [1.29, 1.82) is 0 Å². The first-order valence-corrected chi connectivity index (χ1v) is 12.1. The molecule has 1 amide bonds. The van der Waals surface area contributed by atoms with Crippen molar-refractivity contribution in [3.8, 4) is 11.3 Å². The Kier molecular flexibility index (Phi) is 8.98. The van der Waals surface area contributed by atoms with Crippen molar-refractivity contribution in [3.05, 3.63) is 77.8 Å². The Balaban J connectivity index is 2.18. The number of halogens is 2. The Labute approximate surface area is 212 Å². The van der Waals surface area contributed by atoms with Crippen LogP contribution in [-0.4, -0.2) is 46.7 Å². The Morgan fingerprint density at radius 1 is 1.14 bits per heavy atom. The summed E-state index contributed by atoms with van der Waals surface area (Å²) in [6, 6.07) is 12.0. The Morgan fingerprint density at radius 2 is 1.81 bits per heavy atom. The van der Waals surface area contributed by atoms with Gasteiger partial charge in [0.15, 0.2) is 0 Å². The summed E-state index contributed by atoms with van der Waals surface area (Å²) in [4.78, 5) is 20.0. The van der Waals surface area contributed by atoms with Crippen LogP contribution in [-0.2, 0) is 16.1 Å². The van der Waals surface area contributed by atoms with E-state index in [2.05, 4.69) is 0 Å². The first-order chi connectivity index (χ1) is 17.0. The number of imidazole rings is 1. The Morgan fingerprint density at radius 3 is 2.39 bits per heavy atom. The third-order valence-electron chi connectivity index (χ3n) is 5.96. The molecule has 0 spiro atoms. The lowest BCUT2D eigenvalue weighted by Crippen LogP contribution is -2.45. The number of carbonyl (C=O) groups is 1. The number of carbonyl (C=O) groups excluding carboxylic acids is 1. The van der Waals surface area contributed by atoms with Gasteiger partial charge in [-0.2, -0.15) is 0 Å². The molecule has 0 saturated carbocycles. The van der Waals surface area contributed by atoms with Crippen LogP contribution in [0.4, 0.5) is 8.78 Å². The minimum absolute atomic E-state index is 0.0765. The van der Waals surface area contributed by atoms with Crippen molar-refractivity contribution in [2.24, 2.45) is 11.1 Å². The number of hydrogen-bond donors (Lipinski definition) is 1. The highest BCUT2D eigenvalue weighted by atomic mass is 19.1. The van der Waals surface area contributed by atoms with E-state index in [9.17, 15) is 13.6 Å². The molecule has 0 aliphatic carbocycles. The van der Waals surface area contributed by atoms with Crippen molar-refractivity contribution in [2.75, 3.05) is 20.3 Å². The van der Waals surface area contributed by atoms with Crippen molar-refractivity contribution in [3.63, 3.8) is 0 Å². The van der Waals surface area contributed by atoms with Gasteiger partial charge in [-0.3, -0.25) is 4.79 Å². The van der Waals surface area contributed by atoms with E-state index in [1.54, 1.807) is 23.1 Å². The van der Waals surface area contributed by atoms with Crippen LogP contribution in [0.2, 0.25) is 0 Å². The Hall–Kier alpha value is -3.10. The number of aromatic nitrogens is 2. The van der Waals surface area contributed by atoms with E-state index in [0.717, 1.165) is 5.56 Å². The van der Waals surface area contributed by atoms with Crippen molar-refractivity contribution in [2.45, 2.75) is 52.7 Å². The lowest BCUT2D eigenvalue weighted by molar-refractivity contribution is -0.140. The maximum Gasteiger partial charge on any atom is 0.249 e. The topological polar surface area (TPSA) is 73.4 Å². The molecule has 194 valence electrons. The summed E-state index contributed by atoms with van der Waals surface area (Å²) >= 11 is 0. The second-order valence-corrected chi connectivity index (χ2v) is 10.3. The third-order valence-corrected chi connectivity index (χ3v) is 5.96. The summed E-state index contributed by atoms with van der Waals surface area (Å²) in [5.74, 6) is -0.249. The lowest BCUT2D eigenvalue weighted by Gasteiger charge is -2.40. The molecular formula is C28H36F2N4O2. The predicted molar refractivity (Wildman–Crippen MR) is 137 cm³/mol. The van der Waals surface area contributed by atoms with Crippen LogP contribution in [0.25, 0.3) is 11.3 Å². The average Bonchev–Trinajstić information content (AvgIpc) is 3.18. The number of methoxy groups -OCH3 is 1. The number of benzene rings is 2. The van der Waals surface area contributed by atoms with Crippen LogP contribution < -0.4 is 5.73 Å². The maximum absolute atomic E-state index is 14.0. The summed E-state index contributed by atoms with van der Waals surface area (Å²) in [7, 11) is 1.49. The quantitative estimate of drug-likeness (QED) is 0.418. The fraction of sp³-hybridized carbons (Fsp3) is 0.429. The van der Waals surface area contributed by atoms with Crippen LogP contribution in [0.3, 0.4) is 0 Å². The molecule has 0 saturated heterocycles. The Bertz CT molecular complexity index is 1170. The highest BCUT2D eigenvalue weighted by Gasteiger charge is 2.38. The van der Waals surface area contributed by atoms with Gasteiger partial charge in [0.2, 0.25) is 5.91 Å². The smallest absolute Gasteiger partial charge is 0.249 e. The molecule has 2 aromatic carbocycles. The van der Waals surface area contributed by atoms with E-state index in [1.165, 1.54) is 31.4 Å². The molecule has 3 aromatic rings. The van der Waals surface area contributed by atoms with Gasteiger partial charge < -0.3 is 19.9 Å². The molecule has 0 fully saturated rings. The zero-order chi connectivity index (χ0) is 26.5. The molecule has 0 radical (unpaired) electrons. The number of ether oxygens (including phenoxy) is 1. The van der Waals surface area contributed by atoms with Gasteiger partial charge in [-0.1, -0.05) is 45.0 Å². The van der Waals surface area contributed by atoms with Gasteiger partial charge in [-0.25, -0.2) is 13.8 Å². The van der Waals surface area contributed by atoms with Crippen molar-refractivity contribution in [1.82, 2.24) is 14.5 Å². The van der Waals surface area contributed by atoms with Crippen molar-refractivity contribution >= 4 is 5.91 Å². The summed E-state index contributed by atoms with van der Waals surface area (Å²) in [6.07, 6.45) is 2.43. The van der Waals surface area contributed by atoms with E-state index in [4.69, 9.17) is 15.5 Å². The zero-order valence-corrected chi connectivity index (χ0v) is 21.7. The number of amides is 1. The molecule has 0 aliphatic rings. The highest BCUT2D eigenvalue weighted by molar-refractivity contribution is 5.78. The van der Waals surface area contributed by atoms with E-state index in [1.807, 2.05) is 44.5 Å². The molecule has 1 aromatic heterocycles. The van der Waals surface area contributed by atoms with Crippen molar-refractivity contribution < 1.29 is 18.3 Å². The average molecular weight is 499 g/mol. The van der Waals surface area contributed by atoms with Gasteiger partial charge in [-0.05, 0) is 48.6 Å². The van der Waals surface area contributed by atoms with Gasteiger partial charge in [0.05, 0.1) is 11.7 Å². The number of hydrogen-bond acceptors (Lipinski definition) is 4. The highest BCUT2D eigenvalue weighted by Crippen LogP contribution is 2.39. The third kappa shape index (κ3) is 6.98.